The van der Waals surface area contributed by atoms with Crippen molar-refractivity contribution < 1.29 is 19.1 Å². The Morgan fingerprint density at radius 3 is 2.69 bits per heavy atom. The minimum atomic E-state index is -0.444. The van der Waals surface area contributed by atoms with Gasteiger partial charge in [0.15, 0.2) is 0 Å². The summed E-state index contributed by atoms with van der Waals surface area (Å²) >= 11 is 0. The van der Waals surface area contributed by atoms with Crippen LogP contribution in [0.5, 0.6) is 5.75 Å². The summed E-state index contributed by atoms with van der Waals surface area (Å²) in [6, 6.07) is 6.81. The molecule has 3 rings (SSSR count). The molecular formula is C20H22N2O4. The molecule has 0 spiro atoms. The maximum Gasteiger partial charge on any atom is 0.337 e. The molecule has 1 heterocycles. The van der Waals surface area contributed by atoms with E-state index in [9.17, 15) is 9.59 Å². The van der Waals surface area contributed by atoms with E-state index < -0.39 is 5.97 Å². The van der Waals surface area contributed by atoms with Crippen molar-refractivity contribution in [2.24, 2.45) is 5.92 Å². The molecule has 136 valence electrons. The van der Waals surface area contributed by atoms with E-state index in [4.69, 9.17) is 9.47 Å². The molecule has 0 atom stereocenters. The number of nitrogens with one attached hydrogen (secondary N) is 1. The monoisotopic (exact) mass is 354 g/mol. The van der Waals surface area contributed by atoms with E-state index in [0.29, 0.717) is 35.1 Å². The van der Waals surface area contributed by atoms with Crippen LogP contribution in [0.2, 0.25) is 0 Å². The molecule has 1 aliphatic carbocycles. The fourth-order valence-corrected chi connectivity index (χ4v) is 2.56. The number of benzene rings is 1. The second kappa shape index (κ2) is 7.99. The molecule has 1 amide bonds. The van der Waals surface area contributed by atoms with Crippen LogP contribution in [-0.2, 0) is 11.2 Å². The summed E-state index contributed by atoms with van der Waals surface area (Å²) in [6.07, 6.45) is 6.22. The first kappa shape index (κ1) is 17.9. The van der Waals surface area contributed by atoms with Gasteiger partial charge in [-0.3, -0.25) is 9.78 Å². The molecule has 1 saturated carbocycles. The number of nitrogens with zero attached hydrogens (tertiary/aromatic N) is 1. The highest BCUT2D eigenvalue weighted by Crippen LogP contribution is 2.29. The van der Waals surface area contributed by atoms with Crippen molar-refractivity contribution in [3.05, 3.63) is 53.3 Å². The quantitative estimate of drug-likeness (QED) is 0.770. The van der Waals surface area contributed by atoms with Crippen LogP contribution in [0.15, 0.2) is 36.7 Å². The smallest absolute Gasteiger partial charge is 0.337 e. The molecule has 2 aromatic rings. The molecule has 1 fully saturated rings. The Labute approximate surface area is 152 Å². The molecule has 0 radical (unpaired) electrons. The minimum absolute atomic E-state index is 0.300. The number of carbonyl (C=O) groups is 2. The Kier molecular flexibility index (Phi) is 5.51. The summed E-state index contributed by atoms with van der Waals surface area (Å²) in [6.45, 7) is 2.64. The molecule has 26 heavy (non-hydrogen) atoms. The van der Waals surface area contributed by atoms with Crippen molar-refractivity contribution >= 4 is 17.6 Å². The van der Waals surface area contributed by atoms with Gasteiger partial charge in [-0.05, 0) is 48.9 Å². The van der Waals surface area contributed by atoms with E-state index in [1.165, 1.54) is 26.1 Å². The van der Waals surface area contributed by atoms with Gasteiger partial charge in [0.2, 0.25) is 0 Å². The first-order valence-corrected chi connectivity index (χ1v) is 8.71. The van der Waals surface area contributed by atoms with Gasteiger partial charge in [-0.1, -0.05) is 13.0 Å². The molecule has 1 aromatic carbocycles. The number of carbonyl (C=O) groups excluding carboxylic acids is 2. The molecule has 0 aliphatic heterocycles. The average Bonchev–Trinajstić information content (AvgIpc) is 3.50. The summed E-state index contributed by atoms with van der Waals surface area (Å²) in [5, 5.41) is 2.86. The van der Waals surface area contributed by atoms with Gasteiger partial charge in [-0.15, -0.1) is 0 Å². The van der Waals surface area contributed by atoms with Gasteiger partial charge in [-0.2, -0.15) is 0 Å². The molecule has 6 nitrogen and oxygen atoms in total. The summed E-state index contributed by atoms with van der Waals surface area (Å²) in [4.78, 5) is 28.4. The third-order valence-corrected chi connectivity index (χ3v) is 4.32. The molecule has 0 bridgehead atoms. The number of ether oxygens (including phenoxy) is 2. The molecule has 0 unspecified atom stereocenters. The third-order valence-electron chi connectivity index (χ3n) is 4.32. The normalized spacial score (nSPS) is 13.2. The number of hydrogen-bond acceptors (Lipinski definition) is 5. The Morgan fingerprint density at radius 1 is 1.19 bits per heavy atom. The summed E-state index contributed by atoms with van der Waals surface area (Å²) < 4.78 is 10.4. The fourth-order valence-electron chi connectivity index (χ4n) is 2.56. The number of esters is 1. The van der Waals surface area contributed by atoms with Gasteiger partial charge in [-0.25, -0.2) is 4.79 Å². The van der Waals surface area contributed by atoms with Crippen LogP contribution in [0.3, 0.4) is 0 Å². The zero-order chi connectivity index (χ0) is 18.5. The second-order valence-corrected chi connectivity index (χ2v) is 6.33. The van der Waals surface area contributed by atoms with Gasteiger partial charge in [0.1, 0.15) is 5.75 Å². The van der Waals surface area contributed by atoms with E-state index in [1.54, 1.807) is 24.4 Å². The molecular weight excluding hydrogens is 332 g/mol. The Hall–Kier alpha value is -2.89. The maximum atomic E-state index is 12.6. The van der Waals surface area contributed by atoms with Gasteiger partial charge in [0.05, 0.1) is 31.0 Å². The first-order valence-electron chi connectivity index (χ1n) is 8.71. The van der Waals surface area contributed by atoms with Crippen LogP contribution < -0.4 is 10.1 Å². The maximum absolute atomic E-state index is 12.6. The van der Waals surface area contributed by atoms with Crippen LogP contribution in [-0.4, -0.2) is 30.6 Å². The van der Waals surface area contributed by atoms with Crippen LogP contribution in [0.1, 0.15) is 46.0 Å². The number of methoxy groups -OCH3 is 1. The highest BCUT2D eigenvalue weighted by Gasteiger charge is 2.22. The number of pyridine rings is 1. The van der Waals surface area contributed by atoms with E-state index >= 15 is 0 Å². The zero-order valence-corrected chi connectivity index (χ0v) is 15.0. The predicted octanol–water partition coefficient (Wildman–Crippen LogP) is 3.47. The third kappa shape index (κ3) is 4.39. The largest absolute Gasteiger partial charge is 0.492 e. The topological polar surface area (TPSA) is 77.5 Å². The number of anilines is 1. The van der Waals surface area contributed by atoms with Gasteiger partial charge >= 0.3 is 5.97 Å². The van der Waals surface area contributed by atoms with Gasteiger partial charge in [0.25, 0.3) is 5.91 Å². The number of aryl methyl sites for hydroxylation is 1. The lowest BCUT2D eigenvalue weighted by molar-refractivity contribution is 0.0600. The zero-order valence-electron chi connectivity index (χ0n) is 15.0. The lowest BCUT2D eigenvalue weighted by Gasteiger charge is -2.12. The van der Waals surface area contributed by atoms with Crippen molar-refractivity contribution in [2.75, 3.05) is 19.0 Å². The minimum Gasteiger partial charge on any atom is -0.492 e. The number of aromatic nitrogens is 1. The van der Waals surface area contributed by atoms with Crippen molar-refractivity contribution in [1.82, 2.24) is 4.98 Å². The van der Waals surface area contributed by atoms with Crippen molar-refractivity contribution in [3.63, 3.8) is 0 Å². The molecule has 1 aromatic heterocycles. The standard InChI is InChI=1S/C20H22N2O4/c1-3-14-6-7-15(20(24)25-2)9-18(14)22-19(23)16-8-17(11-21-10-16)26-12-13-4-5-13/h6-11,13H,3-5,12H2,1-2H3,(H,22,23). The van der Waals surface area contributed by atoms with Gasteiger partial charge < -0.3 is 14.8 Å². The highest BCUT2D eigenvalue weighted by atomic mass is 16.5. The Balaban J connectivity index is 1.76. The number of rotatable bonds is 7. The number of hydrogen-bond donors (Lipinski definition) is 1. The Bertz CT molecular complexity index is 815. The van der Waals surface area contributed by atoms with E-state index in [2.05, 4.69) is 10.3 Å². The average molecular weight is 354 g/mol. The van der Waals surface area contributed by atoms with Crippen LogP contribution in [0.4, 0.5) is 5.69 Å². The van der Waals surface area contributed by atoms with Crippen molar-refractivity contribution in [3.8, 4) is 5.75 Å². The highest BCUT2D eigenvalue weighted by molar-refractivity contribution is 6.05. The van der Waals surface area contributed by atoms with Crippen molar-refractivity contribution in [2.45, 2.75) is 26.2 Å². The fraction of sp³-hybridized carbons (Fsp3) is 0.350. The lowest BCUT2D eigenvalue weighted by atomic mass is 10.1. The van der Waals surface area contributed by atoms with Crippen LogP contribution >= 0.6 is 0 Å². The number of amides is 1. The molecule has 1 aliphatic rings. The summed E-state index contributed by atoms with van der Waals surface area (Å²) in [5.74, 6) is 0.468. The van der Waals surface area contributed by atoms with Crippen molar-refractivity contribution in [1.29, 1.82) is 0 Å². The molecule has 1 N–H and O–H groups in total. The van der Waals surface area contributed by atoms with Crippen LogP contribution in [0.25, 0.3) is 0 Å². The molecule has 0 saturated heterocycles. The SMILES string of the molecule is CCc1ccc(C(=O)OC)cc1NC(=O)c1cncc(OCC2CC2)c1. The lowest BCUT2D eigenvalue weighted by Crippen LogP contribution is -2.15. The van der Waals surface area contributed by atoms with E-state index in [0.717, 1.165) is 12.0 Å². The predicted molar refractivity (Wildman–Crippen MR) is 97.6 cm³/mol. The summed E-state index contributed by atoms with van der Waals surface area (Å²) in [7, 11) is 1.33. The van der Waals surface area contributed by atoms with Crippen LogP contribution in [0, 0.1) is 5.92 Å². The summed E-state index contributed by atoms with van der Waals surface area (Å²) in [5.41, 5.74) is 2.31. The molecule has 6 heteroatoms. The van der Waals surface area contributed by atoms with E-state index in [-0.39, 0.29) is 5.91 Å². The van der Waals surface area contributed by atoms with Gasteiger partial charge in [0, 0.05) is 11.9 Å². The van der Waals surface area contributed by atoms with E-state index in [1.807, 2.05) is 13.0 Å². The second-order valence-electron chi connectivity index (χ2n) is 6.33. The Morgan fingerprint density at radius 2 is 2.00 bits per heavy atom. The first-order chi connectivity index (χ1) is 12.6.